The molecule has 2 bridgehead atoms. The Morgan fingerprint density at radius 3 is 2.00 bits per heavy atom. The van der Waals surface area contributed by atoms with Gasteiger partial charge in [0.25, 0.3) is 0 Å². The van der Waals surface area contributed by atoms with E-state index in [0.717, 1.165) is 43.3 Å². The highest BCUT2D eigenvalue weighted by molar-refractivity contribution is 5.86. The highest BCUT2D eigenvalue weighted by atomic mass is 16.1. The first kappa shape index (κ1) is 23.3. The molecule has 30 heavy (non-hydrogen) atoms. The number of nitrogens with two attached hydrogens (primary N) is 1. The number of benzene rings is 1. The number of carbonyl (C=O) groups excluding carboxylic acids is 1. The van der Waals surface area contributed by atoms with Crippen molar-refractivity contribution in [3.05, 3.63) is 35.9 Å². The molecule has 0 spiro atoms. The van der Waals surface area contributed by atoms with E-state index in [1.807, 2.05) is 18.2 Å². The fraction of sp³-hybridized carbons (Fsp3) is 0.731. The number of amides is 1. The predicted molar refractivity (Wildman–Crippen MR) is 125 cm³/mol. The number of nitrogens with zero attached hydrogens (tertiary/aromatic N) is 2. The van der Waals surface area contributed by atoms with Gasteiger partial charge in [-0.05, 0) is 90.2 Å². The summed E-state index contributed by atoms with van der Waals surface area (Å²) >= 11 is 0. The van der Waals surface area contributed by atoms with Crippen LogP contribution in [0.4, 0.5) is 0 Å². The third-order valence-corrected chi connectivity index (χ3v) is 7.78. The fourth-order valence-electron chi connectivity index (χ4n) is 5.93. The van der Waals surface area contributed by atoms with Crippen LogP contribution in [0.1, 0.15) is 71.8 Å². The van der Waals surface area contributed by atoms with E-state index in [-0.39, 0.29) is 5.91 Å². The lowest BCUT2D eigenvalue weighted by Crippen LogP contribution is -2.48. The molecule has 2 aliphatic heterocycles. The molecule has 0 aromatic heterocycles. The van der Waals surface area contributed by atoms with E-state index in [1.54, 1.807) is 0 Å². The van der Waals surface area contributed by atoms with E-state index in [9.17, 15) is 4.79 Å². The summed E-state index contributed by atoms with van der Waals surface area (Å²) in [4.78, 5) is 18.2. The molecular formula is C26H43N3O. The lowest BCUT2D eigenvalue weighted by molar-refractivity contribution is -0.124. The van der Waals surface area contributed by atoms with Crippen LogP contribution < -0.4 is 5.73 Å². The SMILES string of the molecule is CC(C)N(CCC(CCN1CC2CCC(CC2)C1)(C(N)=O)c1ccccc1)C(C)C. The monoisotopic (exact) mass is 413 g/mol. The fourth-order valence-corrected chi connectivity index (χ4v) is 5.93. The zero-order valence-electron chi connectivity index (χ0n) is 19.6. The van der Waals surface area contributed by atoms with Crippen LogP contribution in [0.2, 0.25) is 0 Å². The van der Waals surface area contributed by atoms with Crippen molar-refractivity contribution in [3.63, 3.8) is 0 Å². The van der Waals surface area contributed by atoms with Gasteiger partial charge in [0.05, 0.1) is 5.41 Å². The lowest BCUT2D eigenvalue weighted by atomic mass is 9.73. The second-order valence-corrected chi connectivity index (χ2v) is 10.4. The Morgan fingerprint density at radius 2 is 1.53 bits per heavy atom. The Balaban J connectivity index is 1.80. The van der Waals surface area contributed by atoms with Gasteiger partial charge in [-0.2, -0.15) is 0 Å². The summed E-state index contributed by atoms with van der Waals surface area (Å²) in [7, 11) is 0. The first-order valence-electron chi connectivity index (χ1n) is 12.2. The molecule has 1 atom stereocenters. The smallest absolute Gasteiger partial charge is 0.228 e. The molecule has 1 unspecified atom stereocenters. The zero-order valence-corrected chi connectivity index (χ0v) is 19.6. The summed E-state index contributed by atoms with van der Waals surface area (Å²) in [5.74, 6) is 1.53. The van der Waals surface area contributed by atoms with E-state index in [4.69, 9.17) is 5.73 Å². The lowest BCUT2D eigenvalue weighted by Gasteiger charge is -2.38. The van der Waals surface area contributed by atoms with E-state index in [2.05, 4.69) is 49.6 Å². The number of hydrogen-bond acceptors (Lipinski definition) is 3. The first-order valence-corrected chi connectivity index (χ1v) is 12.2. The molecule has 1 aromatic carbocycles. The molecule has 1 aromatic rings. The molecule has 3 aliphatic rings. The van der Waals surface area contributed by atoms with Gasteiger partial charge in [-0.1, -0.05) is 30.3 Å². The van der Waals surface area contributed by atoms with Gasteiger partial charge in [-0.3, -0.25) is 9.69 Å². The van der Waals surface area contributed by atoms with Crippen LogP contribution in [-0.2, 0) is 10.2 Å². The number of rotatable bonds is 10. The molecule has 1 amide bonds. The minimum absolute atomic E-state index is 0.168. The van der Waals surface area contributed by atoms with Crippen LogP contribution in [0, 0.1) is 11.8 Å². The van der Waals surface area contributed by atoms with Crippen LogP contribution in [-0.4, -0.2) is 54.0 Å². The quantitative estimate of drug-likeness (QED) is 0.617. The Bertz CT molecular complexity index is 644. The maximum atomic E-state index is 13.0. The summed E-state index contributed by atoms with van der Waals surface area (Å²) in [6, 6.07) is 11.2. The summed E-state index contributed by atoms with van der Waals surface area (Å²) in [5, 5.41) is 0. The topological polar surface area (TPSA) is 49.6 Å². The van der Waals surface area contributed by atoms with Crippen LogP contribution in [0.5, 0.6) is 0 Å². The number of carbonyl (C=O) groups is 1. The zero-order chi connectivity index (χ0) is 21.7. The molecule has 2 N–H and O–H groups in total. The van der Waals surface area contributed by atoms with Crippen LogP contribution >= 0.6 is 0 Å². The highest BCUT2D eigenvalue weighted by Crippen LogP contribution is 2.36. The Kier molecular flexibility index (Phi) is 7.98. The minimum atomic E-state index is -0.603. The van der Waals surface area contributed by atoms with E-state index < -0.39 is 5.41 Å². The molecule has 2 saturated heterocycles. The van der Waals surface area contributed by atoms with Gasteiger partial charge in [0.15, 0.2) is 0 Å². The van der Waals surface area contributed by atoms with E-state index >= 15 is 0 Å². The van der Waals surface area contributed by atoms with E-state index in [1.165, 1.54) is 38.8 Å². The van der Waals surface area contributed by atoms with Crippen molar-refractivity contribution in [1.29, 1.82) is 0 Å². The summed E-state index contributed by atoms with van der Waals surface area (Å²) < 4.78 is 0. The van der Waals surface area contributed by atoms with Gasteiger partial charge >= 0.3 is 0 Å². The normalized spacial score (nSPS) is 24.4. The van der Waals surface area contributed by atoms with Gasteiger partial charge < -0.3 is 10.6 Å². The highest BCUT2D eigenvalue weighted by Gasteiger charge is 2.40. The average molecular weight is 414 g/mol. The van der Waals surface area contributed by atoms with Crippen molar-refractivity contribution in [2.45, 2.75) is 83.7 Å². The van der Waals surface area contributed by atoms with Crippen molar-refractivity contribution in [2.24, 2.45) is 17.6 Å². The van der Waals surface area contributed by atoms with Gasteiger partial charge in [0, 0.05) is 31.7 Å². The maximum absolute atomic E-state index is 13.0. The van der Waals surface area contributed by atoms with E-state index in [0.29, 0.717) is 12.1 Å². The van der Waals surface area contributed by atoms with Crippen molar-refractivity contribution < 1.29 is 4.79 Å². The van der Waals surface area contributed by atoms with Crippen LogP contribution in [0.25, 0.3) is 0 Å². The number of hydrogen-bond donors (Lipinski definition) is 1. The second-order valence-electron chi connectivity index (χ2n) is 10.4. The predicted octanol–water partition coefficient (Wildman–Crippen LogP) is 4.43. The maximum Gasteiger partial charge on any atom is 0.228 e. The standard InChI is InChI=1S/C26H43N3O/c1-20(2)29(21(3)4)17-15-26(25(27)30,24-8-6-5-7-9-24)14-16-28-18-22-10-11-23(19-28)13-12-22/h5-9,20-23H,10-19H2,1-4H3,(H2,27,30). The second kappa shape index (κ2) is 10.3. The summed E-state index contributed by atoms with van der Waals surface area (Å²) in [6.45, 7) is 13.2. The van der Waals surface area contributed by atoms with Crippen molar-refractivity contribution in [2.75, 3.05) is 26.2 Å². The third-order valence-electron chi connectivity index (χ3n) is 7.78. The molecule has 4 nitrogen and oxygen atoms in total. The van der Waals surface area contributed by atoms with Crippen LogP contribution in [0.3, 0.4) is 0 Å². The van der Waals surface area contributed by atoms with Gasteiger partial charge in [-0.25, -0.2) is 0 Å². The molecule has 168 valence electrons. The van der Waals surface area contributed by atoms with Crippen molar-refractivity contribution in [3.8, 4) is 0 Å². The Hall–Kier alpha value is -1.39. The van der Waals surface area contributed by atoms with Crippen LogP contribution in [0.15, 0.2) is 30.3 Å². The van der Waals surface area contributed by atoms with Gasteiger partial charge in [-0.15, -0.1) is 0 Å². The largest absolute Gasteiger partial charge is 0.369 e. The summed E-state index contributed by atoms with van der Waals surface area (Å²) in [5.41, 5.74) is 6.66. The molecule has 2 heterocycles. The van der Waals surface area contributed by atoms with Gasteiger partial charge in [0.2, 0.25) is 5.91 Å². The molecule has 1 saturated carbocycles. The van der Waals surface area contributed by atoms with Crippen molar-refractivity contribution in [1.82, 2.24) is 9.80 Å². The minimum Gasteiger partial charge on any atom is -0.369 e. The molecule has 1 aliphatic carbocycles. The third kappa shape index (κ3) is 5.45. The Morgan fingerprint density at radius 1 is 1.00 bits per heavy atom. The summed E-state index contributed by atoms with van der Waals surface area (Å²) in [6.07, 6.45) is 7.15. The van der Waals surface area contributed by atoms with Gasteiger partial charge in [0.1, 0.15) is 0 Å². The molecule has 4 heteroatoms. The number of primary amides is 1. The molecule has 3 fully saturated rings. The molecular weight excluding hydrogens is 370 g/mol. The molecule has 4 rings (SSSR count). The molecule has 0 radical (unpaired) electrons. The Labute approximate surface area is 184 Å². The van der Waals surface area contributed by atoms with Crippen molar-refractivity contribution >= 4 is 5.91 Å². The first-order chi connectivity index (χ1) is 14.3. The number of fused-ring (bicyclic) bond motifs is 4. The average Bonchev–Trinajstić information content (AvgIpc) is 3.03.